The minimum atomic E-state index is -4.11. The molecule has 1 fully saturated rings. The summed E-state index contributed by atoms with van der Waals surface area (Å²) in [6.45, 7) is 7.61. The zero-order valence-corrected chi connectivity index (χ0v) is 19.8. The van der Waals surface area contributed by atoms with E-state index in [-0.39, 0.29) is 5.78 Å². The van der Waals surface area contributed by atoms with Crippen molar-refractivity contribution in [3.63, 3.8) is 0 Å². The summed E-state index contributed by atoms with van der Waals surface area (Å²) >= 11 is 1.19. The van der Waals surface area contributed by atoms with Crippen molar-refractivity contribution >= 4 is 38.3 Å². The Morgan fingerprint density at radius 1 is 1.32 bits per heavy atom. The Balaban J connectivity index is 1.91. The second-order valence-electron chi connectivity index (χ2n) is 8.55. The minimum Gasteiger partial charge on any atom is -0.299 e. The van der Waals surface area contributed by atoms with Crippen molar-refractivity contribution in [3.8, 4) is 6.07 Å². The van der Waals surface area contributed by atoms with E-state index in [0.717, 1.165) is 11.1 Å². The third-order valence-electron chi connectivity index (χ3n) is 6.51. The number of hydrogen-bond acceptors (Lipinski definition) is 7. The van der Waals surface area contributed by atoms with Gasteiger partial charge in [0, 0.05) is 12.0 Å². The molecule has 0 bridgehead atoms. The van der Waals surface area contributed by atoms with Crippen molar-refractivity contribution in [1.29, 1.82) is 5.26 Å². The molecule has 0 N–H and O–H groups in total. The number of nitriles is 1. The molecule has 0 aromatic heterocycles. The molecule has 1 saturated carbocycles. The number of oxime groups is 1. The van der Waals surface area contributed by atoms with E-state index in [9.17, 15) is 18.5 Å². The van der Waals surface area contributed by atoms with Crippen molar-refractivity contribution in [2.75, 3.05) is 5.75 Å². The monoisotopic (exact) mass is 458 g/mol. The average Bonchev–Trinajstić information content (AvgIpc) is 3.26. The molecule has 1 heterocycles. The lowest BCUT2D eigenvalue weighted by molar-refractivity contribution is -0.128. The molecule has 0 amide bonds. The number of nitrogens with zero attached hydrogens (tertiary/aromatic N) is 2. The molecule has 1 aliphatic heterocycles. The third-order valence-corrected chi connectivity index (χ3v) is 8.45. The van der Waals surface area contributed by atoms with Crippen LogP contribution in [-0.4, -0.2) is 25.0 Å². The molecule has 3 rings (SSSR count). The van der Waals surface area contributed by atoms with Crippen molar-refractivity contribution in [1.82, 2.24) is 0 Å². The summed E-state index contributed by atoms with van der Waals surface area (Å²) < 4.78 is 30.7. The molecule has 164 valence electrons. The number of carbonyl (C=O) groups is 1. The van der Waals surface area contributed by atoms with Crippen LogP contribution in [0.2, 0.25) is 0 Å². The summed E-state index contributed by atoms with van der Waals surface area (Å²) in [5.41, 5.74) is 1.18. The van der Waals surface area contributed by atoms with Gasteiger partial charge < -0.3 is 0 Å². The fourth-order valence-corrected chi connectivity index (χ4v) is 6.79. The minimum absolute atomic E-state index is 0.0383. The highest BCUT2D eigenvalue weighted by atomic mass is 32.2. The predicted molar refractivity (Wildman–Crippen MR) is 123 cm³/mol. The Hall–Kier alpha value is -2.37. The van der Waals surface area contributed by atoms with E-state index in [1.165, 1.54) is 11.8 Å². The maximum Gasteiger partial charge on any atom is 0.329 e. The second kappa shape index (κ2) is 8.64. The highest BCUT2D eigenvalue weighted by Gasteiger charge is 2.56. The lowest BCUT2D eigenvalue weighted by Gasteiger charge is -2.38. The van der Waals surface area contributed by atoms with Crippen molar-refractivity contribution < 1.29 is 17.5 Å². The van der Waals surface area contributed by atoms with Crippen molar-refractivity contribution in [3.05, 3.63) is 52.4 Å². The maximum atomic E-state index is 12.8. The number of rotatable bonds is 6. The first-order valence-corrected chi connectivity index (χ1v) is 12.6. The standard InChI is InChI=1S/C23H26N2O4S2/c1-5-23(20(26)10-12-22(23,3)4)15-31(27,28)29-25-21-18(11-13-30-21)19(14-24)17-9-7-6-8-16(17)2/h6-9,11,13H,5,10,12,15H2,1-4H3/b19-18+,25-21-. The molecule has 0 spiro atoms. The second-order valence-corrected chi connectivity index (χ2v) is 11.0. The van der Waals surface area contributed by atoms with Gasteiger partial charge in [0.1, 0.15) is 22.6 Å². The largest absolute Gasteiger partial charge is 0.329 e. The van der Waals surface area contributed by atoms with E-state index in [4.69, 9.17) is 4.28 Å². The van der Waals surface area contributed by atoms with E-state index < -0.39 is 26.7 Å². The molecular formula is C23H26N2O4S2. The quantitative estimate of drug-likeness (QED) is 0.441. The van der Waals surface area contributed by atoms with Gasteiger partial charge in [0.05, 0.1) is 11.0 Å². The number of carbonyl (C=O) groups excluding carboxylic acids is 1. The van der Waals surface area contributed by atoms with E-state index in [1.54, 1.807) is 11.5 Å². The summed E-state index contributed by atoms with van der Waals surface area (Å²) in [5.74, 6) is -0.442. The van der Waals surface area contributed by atoms with Gasteiger partial charge in [0.25, 0.3) is 0 Å². The number of hydrogen-bond donors (Lipinski definition) is 0. The third kappa shape index (κ3) is 4.35. The van der Waals surface area contributed by atoms with E-state index in [1.807, 2.05) is 52.0 Å². The Bertz CT molecular complexity index is 1140. The molecule has 31 heavy (non-hydrogen) atoms. The SMILES string of the molecule is CCC1(CS(=O)(=O)O/N=C2\SC=C\C2=C(\C#N)c2ccccc2C)C(=O)CCC1(C)C. The van der Waals surface area contributed by atoms with Crippen LogP contribution in [0.1, 0.15) is 51.2 Å². The summed E-state index contributed by atoms with van der Waals surface area (Å²) in [6.07, 6.45) is 3.17. The van der Waals surface area contributed by atoms with Crippen molar-refractivity contribution in [2.45, 2.75) is 47.0 Å². The zero-order valence-electron chi connectivity index (χ0n) is 18.1. The number of aryl methyl sites for hydroxylation is 1. The maximum absolute atomic E-state index is 12.8. The number of benzene rings is 1. The van der Waals surface area contributed by atoms with Crippen LogP contribution in [0.5, 0.6) is 0 Å². The summed E-state index contributed by atoms with van der Waals surface area (Å²) in [5, 5.41) is 15.7. The Morgan fingerprint density at radius 3 is 2.61 bits per heavy atom. The average molecular weight is 459 g/mol. The van der Waals surface area contributed by atoms with Gasteiger partial charge in [0.15, 0.2) is 0 Å². The molecule has 1 aliphatic carbocycles. The van der Waals surface area contributed by atoms with Crippen LogP contribution in [0.4, 0.5) is 0 Å². The molecule has 1 atom stereocenters. The van der Waals surface area contributed by atoms with Crippen LogP contribution < -0.4 is 0 Å². The first-order valence-electron chi connectivity index (χ1n) is 10.1. The van der Waals surface area contributed by atoms with Crippen LogP contribution in [-0.2, 0) is 19.2 Å². The molecule has 2 aliphatic rings. The number of ketones is 1. The van der Waals surface area contributed by atoms with Gasteiger partial charge in [-0.1, -0.05) is 62.0 Å². The lowest BCUT2D eigenvalue weighted by atomic mass is 9.67. The van der Waals surface area contributed by atoms with Crippen LogP contribution in [0.3, 0.4) is 0 Å². The molecular weight excluding hydrogens is 432 g/mol. The van der Waals surface area contributed by atoms with Gasteiger partial charge >= 0.3 is 10.1 Å². The molecule has 1 aromatic carbocycles. The van der Waals surface area contributed by atoms with Gasteiger partial charge in [-0.3, -0.25) is 9.08 Å². The highest BCUT2D eigenvalue weighted by Crippen LogP contribution is 2.53. The van der Waals surface area contributed by atoms with Gasteiger partial charge in [-0.2, -0.15) is 13.7 Å². The van der Waals surface area contributed by atoms with Crippen molar-refractivity contribution in [2.24, 2.45) is 16.0 Å². The molecule has 0 saturated heterocycles. The lowest BCUT2D eigenvalue weighted by Crippen LogP contribution is -2.43. The van der Waals surface area contributed by atoms with Crippen LogP contribution in [0.25, 0.3) is 5.57 Å². The summed E-state index contributed by atoms with van der Waals surface area (Å²) in [6, 6.07) is 9.67. The first kappa shape index (κ1) is 23.3. The van der Waals surface area contributed by atoms with E-state index in [2.05, 4.69) is 11.2 Å². The van der Waals surface area contributed by atoms with Crippen LogP contribution in [0.15, 0.2) is 46.5 Å². The Morgan fingerprint density at radius 2 is 2.03 bits per heavy atom. The predicted octanol–water partition coefficient (Wildman–Crippen LogP) is 4.98. The summed E-state index contributed by atoms with van der Waals surface area (Å²) in [7, 11) is -4.11. The summed E-state index contributed by atoms with van der Waals surface area (Å²) in [4.78, 5) is 12.6. The van der Waals surface area contributed by atoms with Crippen LogP contribution in [0, 0.1) is 29.1 Å². The van der Waals surface area contributed by atoms with Gasteiger partial charge in [0.2, 0.25) is 0 Å². The van der Waals surface area contributed by atoms with E-state index >= 15 is 0 Å². The number of thioether (sulfide) groups is 1. The fourth-order valence-electron chi connectivity index (χ4n) is 4.44. The van der Waals surface area contributed by atoms with Gasteiger partial charge in [-0.15, -0.1) is 0 Å². The van der Waals surface area contributed by atoms with Crippen LogP contribution >= 0.6 is 11.8 Å². The topological polar surface area (TPSA) is 96.6 Å². The fraction of sp³-hybridized carbons (Fsp3) is 0.435. The molecule has 6 nitrogen and oxygen atoms in total. The Labute approximate surface area is 188 Å². The number of Topliss-reactive ketones (excluding diaryl/α,β-unsaturated/α-hetero) is 1. The molecule has 1 unspecified atom stereocenters. The number of allylic oxidation sites excluding steroid dienone is 2. The highest BCUT2D eigenvalue weighted by molar-refractivity contribution is 8.17. The van der Waals surface area contributed by atoms with E-state index in [0.29, 0.717) is 35.5 Å². The van der Waals surface area contributed by atoms with Gasteiger partial charge in [-0.25, -0.2) is 0 Å². The smallest absolute Gasteiger partial charge is 0.299 e. The molecule has 1 aromatic rings. The van der Waals surface area contributed by atoms with Gasteiger partial charge in [-0.05, 0) is 47.8 Å². The molecule has 8 heteroatoms. The Kier molecular flexibility index (Phi) is 6.49. The first-order chi connectivity index (χ1) is 14.6. The molecule has 0 radical (unpaired) electrons. The zero-order chi connectivity index (χ0) is 22.9. The normalized spacial score (nSPS) is 25.6.